The second kappa shape index (κ2) is 5.64. The van der Waals surface area contributed by atoms with Crippen LogP contribution < -0.4 is 21.1 Å². The summed E-state index contributed by atoms with van der Waals surface area (Å²) >= 11 is 6.55. The smallest absolute Gasteiger partial charge is 0.257 e. The molecule has 2 aliphatic heterocycles. The van der Waals surface area contributed by atoms with Crippen LogP contribution in [0.2, 0.25) is 0 Å². The molecule has 26 heavy (non-hydrogen) atoms. The molecule has 0 atom stereocenters. The Balaban J connectivity index is 1.80. The summed E-state index contributed by atoms with van der Waals surface area (Å²) in [5.74, 6) is -0.213. The first-order chi connectivity index (χ1) is 12.5. The average Bonchev–Trinajstić information content (AvgIpc) is 3.31. The molecule has 0 aliphatic carbocycles. The summed E-state index contributed by atoms with van der Waals surface area (Å²) in [5, 5.41) is 7.56. The van der Waals surface area contributed by atoms with E-state index in [1.807, 2.05) is 43.3 Å². The van der Waals surface area contributed by atoms with Gasteiger partial charge < -0.3 is 10.6 Å². The molecule has 0 unspecified atom stereocenters. The quantitative estimate of drug-likeness (QED) is 0.640. The Bertz CT molecular complexity index is 1150. The lowest BCUT2D eigenvalue weighted by Gasteiger charge is -1.98. The summed E-state index contributed by atoms with van der Waals surface area (Å²) in [6.07, 6.45) is 0. The van der Waals surface area contributed by atoms with E-state index in [1.54, 1.807) is 11.3 Å². The van der Waals surface area contributed by atoms with Gasteiger partial charge in [-0.15, -0.1) is 22.7 Å². The number of halogens is 1. The lowest BCUT2D eigenvalue weighted by atomic mass is 10.1. The molecule has 0 saturated carbocycles. The van der Waals surface area contributed by atoms with Crippen LogP contribution in [0.1, 0.15) is 14.6 Å². The fourth-order valence-corrected chi connectivity index (χ4v) is 5.71. The third kappa shape index (κ3) is 2.31. The number of carbonyl (C=O) groups is 2. The number of hydrogen-bond acceptors (Lipinski definition) is 4. The molecule has 2 aliphatic rings. The van der Waals surface area contributed by atoms with Crippen molar-refractivity contribution in [3.63, 3.8) is 0 Å². The average molecular weight is 443 g/mol. The van der Waals surface area contributed by atoms with Crippen molar-refractivity contribution in [2.75, 3.05) is 10.6 Å². The number of rotatable bonds is 2. The van der Waals surface area contributed by atoms with E-state index in [9.17, 15) is 9.59 Å². The van der Waals surface area contributed by atoms with Crippen LogP contribution in [0.3, 0.4) is 0 Å². The Kier molecular flexibility index (Phi) is 3.47. The number of nitrogens with one attached hydrogen (secondary N) is 2. The fraction of sp³-hybridized carbons (Fsp3) is 0.0526. The SMILES string of the molecule is Cc1ccc(C2=c3cc4c(cc3NC2=O)=C(c2ccc(Br)s2)C(=O)N4)s1. The fourth-order valence-electron chi connectivity index (χ4n) is 3.34. The number of fused-ring (bicyclic) bond motifs is 2. The van der Waals surface area contributed by atoms with E-state index in [-0.39, 0.29) is 11.8 Å². The summed E-state index contributed by atoms with van der Waals surface area (Å²) in [5.41, 5.74) is 2.81. The molecule has 3 aromatic rings. The van der Waals surface area contributed by atoms with Crippen molar-refractivity contribution in [2.24, 2.45) is 0 Å². The molecule has 5 rings (SSSR count). The van der Waals surface area contributed by atoms with E-state index in [0.717, 1.165) is 40.2 Å². The van der Waals surface area contributed by atoms with E-state index in [0.29, 0.717) is 11.1 Å². The Labute approximate surface area is 165 Å². The third-order valence-electron chi connectivity index (χ3n) is 4.45. The highest BCUT2D eigenvalue weighted by molar-refractivity contribution is 9.11. The topological polar surface area (TPSA) is 58.2 Å². The van der Waals surface area contributed by atoms with Crippen LogP contribution in [-0.2, 0) is 9.59 Å². The van der Waals surface area contributed by atoms with Gasteiger partial charge >= 0.3 is 0 Å². The zero-order chi connectivity index (χ0) is 18.0. The Hall–Kier alpha value is -2.22. The van der Waals surface area contributed by atoms with Gasteiger partial charge in [-0.1, -0.05) is 0 Å². The van der Waals surface area contributed by atoms with Crippen molar-refractivity contribution in [2.45, 2.75) is 6.92 Å². The summed E-state index contributed by atoms with van der Waals surface area (Å²) in [6, 6.07) is 11.6. The van der Waals surface area contributed by atoms with Gasteiger partial charge in [0, 0.05) is 36.4 Å². The second-order valence-electron chi connectivity index (χ2n) is 6.12. The maximum atomic E-state index is 12.5. The van der Waals surface area contributed by atoms with Gasteiger partial charge in [0.15, 0.2) is 0 Å². The van der Waals surface area contributed by atoms with Gasteiger partial charge in [-0.25, -0.2) is 0 Å². The molecule has 2 aromatic heterocycles. The number of thiophene rings is 2. The van der Waals surface area contributed by atoms with Crippen molar-refractivity contribution in [3.8, 4) is 0 Å². The molecular weight excluding hydrogens is 432 g/mol. The normalized spacial score (nSPS) is 15.2. The van der Waals surface area contributed by atoms with Gasteiger partial charge in [-0.2, -0.15) is 0 Å². The van der Waals surface area contributed by atoms with Crippen molar-refractivity contribution in [1.29, 1.82) is 0 Å². The van der Waals surface area contributed by atoms with E-state index in [2.05, 4.69) is 26.6 Å². The molecule has 0 radical (unpaired) electrons. The largest absolute Gasteiger partial charge is 0.321 e. The van der Waals surface area contributed by atoms with Gasteiger partial charge in [-0.3, -0.25) is 9.59 Å². The first-order valence-corrected chi connectivity index (χ1v) is 10.3. The number of hydrogen-bond donors (Lipinski definition) is 2. The number of anilines is 2. The lowest BCUT2D eigenvalue weighted by molar-refractivity contribution is -0.111. The lowest BCUT2D eigenvalue weighted by Crippen LogP contribution is -2.12. The number of benzene rings is 1. The molecule has 2 N–H and O–H groups in total. The molecule has 0 fully saturated rings. The molecule has 2 amide bonds. The zero-order valence-corrected chi connectivity index (χ0v) is 16.7. The molecule has 0 saturated heterocycles. The molecule has 0 spiro atoms. The predicted octanol–water partition coefficient (Wildman–Crippen LogP) is 3.18. The minimum Gasteiger partial charge on any atom is -0.321 e. The molecule has 7 heteroatoms. The minimum atomic E-state index is -0.113. The molecule has 128 valence electrons. The summed E-state index contributed by atoms with van der Waals surface area (Å²) in [6.45, 7) is 2.02. The van der Waals surface area contributed by atoms with Gasteiger partial charge in [0.2, 0.25) is 0 Å². The first-order valence-electron chi connectivity index (χ1n) is 7.89. The van der Waals surface area contributed by atoms with Crippen LogP contribution in [0.4, 0.5) is 11.4 Å². The van der Waals surface area contributed by atoms with Gasteiger partial charge in [-0.05, 0) is 59.3 Å². The highest BCUT2D eigenvalue weighted by Crippen LogP contribution is 2.31. The maximum absolute atomic E-state index is 12.5. The monoisotopic (exact) mass is 442 g/mol. The van der Waals surface area contributed by atoms with Gasteiger partial charge in [0.25, 0.3) is 11.8 Å². The van der Waals surface area contributed by atoms with Crippen molar-refractivity contribution in [1.82, 2.24) is 0 Å². The molecule has 4 nitrogen and oxygen atoms in total. The summed E-state index contributed by atoms with van der Waals surface area (Å²) < 4.78 is 0.972. The Morgan fingerprint density at radius 2 is 1.35 bits per heavy atom. The second-order valence-corrected chi connectivity index (χ2v) is 9.87. The Morgan fingerprint density at radius 3 is 1.81 bits per heavy atom. The van der Waals surface area contributed by atoms with E-state index in [4.69, 9.17) is 0 Å². The van der Waals surface area contributed by atoms with Crippen LogP contribution >= 0.6 is 38.6 Å². The minimum absolute atomic E-state index is 0.0998. The van der Waals surface area contributed by atoms with Crippen LogP contribution in [0.5, 0.6) is 0 Å². The van der Waals surface area contributed by atoms with Crippen molar-refractivity contribution < 1.29 is 9.59 Å². The number of aryl methyl sites for hydroxylation is 1. The number of carbonyl (C=O) groups excluding carboxylic acids is 2. The van der Waals surface area contributed by atoms with Gasteiger partial charge in [0.05, 0.1) is 14.9 Å². The third-order valence-corrected chi connectivity index (χ3v) is 7.11. The van der Waals surface area contributed by atoms with Crippen molar-refractivity contribution >= 4 is 72.9 Å². The highest BCUT2D eigenvalue weighted by atomic mass is 79.9. The maximum Gasteiger partial charge on any atom is 0.257 e. The summed E-state index contributed by atoms with van der Waals surface area (Å²) in [4.78, 5) is 28.1. The predicted molar refractivity (Wildman–Crippen MR) is 109 cm³/mol. The highest BCUT2D eigenvalue weighted by Gasteiger charge is 2.28. The number of amides is 2. The van der Waals surface area contributed by atoms with Crippen molar-refractivity contribution in [3.05, 3.63) is 65.3 Å². The molecule has 4 heterocycles. The standard InChI is InChI=1S/C19H11BrN2O2S2/c1-8-2-3-13(25-8)16-9-6-12-10(7-11(9)21-18(16)23)17(19(24)22-12)14-4-5-15(20)26-14/h2-7H,1H3,(H,21,23)(H,22,24). The van der Waals surface area contributed by atoms with Crippen LogP contribution in [0, 0.1) is 6.92 Å². The first kappa shape index (κ1) is 16.0. The zero-order valence-electron chi connectivity index (χ0n) is 13.5. The molecule has 0 bridgehead atoms. The van der Waals surface area contributed by atoms with E-state index < -0.39 is 0 Å². The van der Waals surface area contributed by atoms with E-state index >= 15 is 0 Å². The molecule has 1 aromatic carbocycles. The van der Waals surface area contributed by atoms with E-state index in [1.165, 1.54) is 11.3 Å². The van der Waals surface area contributed by atoms with Crippen LogP contribution in [-0.4, -0.2) is 11.8 Å². The summed E-state index contributed by atoms with van der Waals surface area (Å²) in [7, 11) is 0. The van der Waals surface area contributed by atoms with Crippen LogP contribution in [0.25, 0.3) is 11.1 Å². The van der Waals surface area contributed by atoms with Crippen LogP contribution in [0.15, 0.2) is 40.2 Å². The molecular formula is C19H11BrN2O2S2. The van der Waals surface area contributed by atoms with Gasteiger partial charge in [0.1, 0.15) is 0 Å². The Morgan fingerprint density at radius 1 is 0.808 bits per heavy atom.